The first kappa shape index (κ1) is 42.2. The Morgan fingerprint density at radius 3 is 1.08 bits per heavy atom. The molecule has 0 amide bonds. The molecule has 2 aromatic carbocycles. The van der Waals surface area contributed by atoms with Crippen LogP contribution in [0.15, 0.2) is 12.1 Å². The summed E-state index contributed by atoms with van der Waals surface area (Å²) in [5.74, 6) is -4.58. The summed E-state index contributed by atoms with van der Waals surface area (Å²) in [5.41, 5.74) is -0.946. The van der Waals surface area contributed by atoms with Crippen molar-refractivity contribution in [1.29, 1.82) is 0 Å². The number of carbonyl (C=O) groups is 4. The van der Waals surface area contributed by atoms with Crippen molar-refractivity contribution >= 4 is 93.5 Å². The Bertz CT molecular complexity index is 1380. The quantitative estimate of drug-likeness (QED) is 0.0806. The number of ether oxygens (including phenoxy) is 4. The van der Waals surface area contributed by atoms with Gasteiger partial charge >= 0.3 is 23.9 Å². The van der Waals surface area contributed by atoms with Crippen LogP contribution in [0.25, 0.3) is 0 Å². The van der Waals surface area contributed by atoms with Gasteiger partial charge in [-0.05, 0) is 60.5 Å². The average molecular weight is 789 g/mol. The van der Waals surface area contributed by atoms with Gasteiger partial charge in [-0.15, -0.1) is 0 Å². The first-order chi connectivity index (χ1) is 22.3. The highest BCUT2D eigenvalue weighted by atomic mass is 35.5. The third-order valence-electron chi connectivity index (χ3n) is 8.01. The zero-order valence-corrected chi connectivity index (χ0v) is 32.5. The van der Waals surface area contributed by atoms with Crippen LogP contribution in [0.5, 0.6) is 11.5 Å². The van der Waals surface area contributed by atoms with E-state index in [4.69, 9.17) is 88.6 Å². The minimum atomic E-state index is -1.65. The van der Waals surface area contributed by atoms with E-state index in [2.05, 4.69) is 55.4 Å². The van der Waals surface area contributed by atoms with Crippen molar-refractivity contribution in [2.24, 2.45) is 35.5 Å². The van der Waals surface area contributed by atoms with Crippen LogP contribution >= 0.6 is 69.6 Å². The van der Waals surface area contributed by atoms with Crippen molar-refractivity contribution in [3.63, 3.8) is 0 Å². The van der Waals surface area contributed by atoms with Crippen LogP contribution in [-0.2, 0) is 19.1 Å². The molecular formula is C34H40Cl6O8. The molecule has 48 heavy (non-hydrogen) atoms. The van der Waals surface area contributed by atoms with Crippen molar-refractivity contribution in [3.8, 4) is 11.5 Å². The molecule has 0 bridgehead atoms. The molecule has 2 rings (SSSR count). The fourth-order valence-electron chi connectivity index (χ4n) is 5.58. The van der Waals surface area contributed by atoms with Crippen LogP contribution in [0, 0.1) is 35.5 Å². The van der Waals surface area contributed by atoms with E-state index in [9.17, 15) is 19.2 Å². The second-order valence-corrected chi connectivity index (χ2v) is 15.0. The van der Waals surface area contributed by atoms with E-state index in [1.165, 1.54) is 0 Å². The Labute approximate surface area is 311 Å². The van der Waals surface area contributed by atoms with E-state index < -0.39 is 46.5 Å². The summed E-state index contributed by atoms with van der Waals surface area (Å²) in [5, 5.41) is -1.54. The molecule has 0 heterocycles. The topological polar surface area (TPSA) is 105 Å². The van der Waals surface area contributed by atoms with Gasteiger partial charge in [0, 0.05) is 0 Å². The van der Waals surface area contributed by atoms with E-state index in [0.717, 1.165) is 12.1 Å². The minimum absolute atomic E-state index is 0.0278. The molecule has 0 spiro atoms. The van der Waals surface area contributed by atoms with Crippen LogP contribution in [0.1, 0.15) is 88.9 Å². The third kappa shape index (κ3) is 11.0. The predicted octanol–water partition coefficient (Wildman–Crippen LogP) is 11.1. The fourth-order valence-corrected chi connectivity index (χ4v) is 7.02. The molecule has 0 N–H and O–H groups in total. The van der Waals surface area contributed by atoms with Crippen LogP contribution in [0.4, 0.5) is 0 Å². The summed E-state index contributed by atoms with van der Waals surface area (Å²) in [4.78, 5) is 52.3. The first-order valence-corrected chi connectivity index (χ1v) is 17.7. The Morgan fingerprint density at radius 2 is 0.812 bits per heavy atom. The summed E-state index contributed by atoms with van der Waals surface area (Å²) in [6.45, 7) is 16.6. The first-order valence-electron chi connectivity index (χ1n) is 15.4. The van der Waals surface area contributed by atoms with Gasteiger partial charge in [-0.1, -0.05) is 125 Å². The highest BCUT2D eigenvalue weighted by Gasteiger charge is 2.32. The van der Waals surface area contributed by atoms with Gasteiger partial charge in [-0.2, -0.15) is 0 Å². The van der Waals surface area contributed by atoms with Crippen molar-refractivity contribution in [2.45, 2.75) is 68.2 Å². The number of benzene rings is 2. The fraction of sp³-hybridized carbons (Fsp3) is 0.529. The van der Waals surface area contributed by atoms with Gasteiger partial charge in [0.05, 0.1) is 43.3 Å². The van der Waals surface area contributed by atoms with Gasteiger partial charge in [0.2, 0.25) is 0 Å². The average Bonchev–Trinajstić information content (AvgIpc) is 2.97. The number of hydrogen-bond acceptors (Lipinski definition) is 8. The molecule has 266 valence electrons. The lowest BCUT2D eigenvalue weighted by Gasteiger charge is -2.24. The lowest BCUT2D eigenvalue weighted by atomic mass is 9.83. The molecule has 14 heteroatoms. The highest BCUT2D eigenvalue weighted by Crippen LogP contribution is 2.42. The molecule has 0 aliphatic heterocycles. The number of carbonyl (C=O) groups excluding carboxylic acids is 4. The molecule has 0 aliphatic carbocycles. The lowest BCUT2D eigenvalue weighted by Crippen LogP contribution is -2.27. The molecule has 0 aromatic heterocycles. The Hall–Kier alpha value is -1.94. The standard InChI is InChI=1S/C34H40Cl6O8/c1-15(2)19(16(3)4)9-11-45-31(41)25-27(39)21(35)13-23(37)29(25)47-33(43)34(44)48-30-24(38)14-22(36)28(40)26(30)32(42)46-12-10-20(17(5)6)18(7)8/h13-20H,9-12H2,1-8H3. The second-order valence-electron chi connectivity index (χ2n) is 12.6. The Morgan fingerprint density at radius 1 is 0.521 bits per heavy atom. The Balaban J connectivity index is 2.33. The maximum absolute atomic E-state index is 13.2. The van der Waals surface area contributed by atoms with Crippen molar-refractivity contribution in [3.05, 3.63) is 53.4 Å². The smallest absolute Gasteiger partial charge is 0.423 e. The van der Waals surface area contributed by atoms with Gasteiger partial charge in [-0.25, -0.2) is 19.2 Å². The minimum Gasteiger partial charge on any atom is -0.462 e. The van der Waals surface area contributed by atoms with Gasteiger partial charge in [-0.3, -0.25) is 0 Å². The van der Waals surface area contributed by atoms with Crippen LogP contribution < -0.4 is 9.47 Å². The summed E-state index contributed by atoms with van der Waals surface area (Å²) in [7, 11) is 0. The molecule has 8 nitrogen and oxygen atoms in total. The lowest BCUT2D eigenvalue weighted by molar-refractivity contribution is -0.156. The summed E-state index contributed by atoms with van der Waals surface area (Å²) < 4.78 is 21.3. The van der Waals surface area contributed by atoms with E-state index in [-0.39, 0.29) is 55.2 Å². The van der Waals surface area contributed by atoms with Crippen LogP contribution in [-0.4, -0.2) is 37.1 Å². The normalized spacial score (nSPS) is 11.7. The van der Waals surface area contributed by atoms with Crippen molar-refractivity contribution in [2.75, 3.05) is 13.2 Å². The molecule has 2 aromatic rings. The molecule has 0 saturated heterocycles. The molecule has 0 fully saturated rings. The molecule has 0 unspecified atom stereocenters. The monoisotopic (exact) mass is 786 g/mol. The molecule has 0 aliphatic rings. The molecule has 0 radical (unpaired) electrons. The Kier molecular flexibility index (Phi) is 16.6. The van der Waals surface area contributed by atoms with Crippen LogP contribution in [0.3, 0.4) is 0 Å². The zero-order valence-electron chi connectivity index (χ0n) is 28.0. The van der Waals surface area contributed by atoms with Crippen molar-refractivity contribution < 1.29 is 38.1 Å². The van der Waals surface area contributed by atoms with Gasteiger partial charge < -0.3 is 18.9 Å². The largest absolute Gasteiger partial charge is 0.462 e. The molecule has 0 saturated carbocycles. The molecular weight excluding hydrogens is 749 g/mol. The van der Waals surface area contributed by atoms with E-state index >= 15 is 0 Å². The highest BCUT2D eigenvalue weighted by molar-refractivity contribution is 6.47. The zero-order chi connectivity index (χ0) is 36.6. The number of hydrogen-bond donors (Lipinski definition) is 0. The van der Waals surface area contributed by atoms with E-state index in [0.29, 0.717) is 36.5 Å². The second kappa shape index (κ2) is 18.9. The number of rotatable bonds is 14. The summed E-state index contributed by atoms with van der Waals surface area (Å²) in [6, 6.07) is 2.24. The van der Waals surface area contributed by atoms with E-state index in [1.807, 2.05) is 0 Å². The van der Waals surface area contributed by atoms with E-state index in [1.54, 1.807) is 0 Å². The summed E-state index contributed by atoms with van der Waals surface area (Å²) in [6.07, 6.45) is 1.11. The van der Waals surface area contributed by atoms with Gasteiger partial charge in [0.1, 0.15) is 11.1 Å². The van der Waals surface area contributed by atoms with Crippen molar-refractivity contribution in [1.82, 2.24) is 0 Å². The maximum Gasteiger partial charge on any atom is 0.423 e. The molecule has 0 atom stereocenters. The predicted molar refractivity (Wildman–Crippen MR) is 190 cm³/mol. The van der Waals surface area contributed by atoms with Gasteiger partial charge in [0.25, 0.3) is 0 Å². The number of esters is 4. The SMILES string of the molecule is CC(C)C(CCOC(=O)c1c(Cl)c(Cl)cc(Cl)c1OC(=O)C(=O)Oc1c(Cl)cc(Cl)c(Cl)c1C(=O)OCCC(C(C)C)C(C)C)C(C)C. The maximum atomic E-state index is 13.2. The third-order valence-corrected chi connectivity index (χ3v) is 10.1. The number of halogens is 6. The summed E-state index contributed by atoms with van der Waals surface area (Å²) >= 11 is 37.5. The van der Waals surface area contributed by atoms with Gasteiger partial charge in [0.15, 0.2) is 11.5 Å². The van der Waals surface area contributed by atoms with Crippen LogP contribution in [0.2, 0.25) is 30.1 Å².